The lowest BCUT2D eigenvalue weighted by Crippen LogP contribution is -2.17. The van der Waals surface area contributed by atoms with Gasteiger partial charge in [0.15, 0.2) is 0 Å². The number of anilines is 2. The summed E-state index contributed by atoms with van der Waals surface area (Å²) in [4.78, 5) is 12.5. The fourth-order valence-corrected chi connectivity index (χ4v) is 2.69. The van der Waals surface area contributed by atoms with Crippen molar-refractivity contribution in [3.05, 3.63) is 53.9 Å². The third-order valence-corrected chi connectivity index (χ3v) is 3.94. The molecule has 11 heteroatoms. The van der Waals surface area contributed by atoms with E-state index in [0.29, 0.717) is 11.4 Å². The molecule has 0 aliphatic rings. The molecule has 0 amide bonds. The number of ether oxygens (including phenoxy) is 2. The highest BCUT2D eigenvalue weighted by atomic mass is 19.4. The molecule has 1 aromatic carbocycles. The zero-order valence-electron chi connectivity index (χ0n) is 16.3. The van der Waals surface area contributed by atoms with Crippen LogP contribution in [0.15, 0.2) is 36.8 Å². The van der Waals surface area contributed by atoms with E-state index in [9.17, 15) is 18.3 Å². The van der Waals surface area contributed by atoms with Crippen molar-refractivity contribution in [2.24, 2.45) is 0 Å². The number of nitrogens with one attached hydrogen (secondary N) is 1. The molecule has 0 atom stereocenters. The minimum Gasteiger partial charge on any atom is -0.494 e. The Hall–Kier alpha value is -3.18. The van der Waals surface area contributed by atoms with E-state index in [0.717, 1.165) is 11.4 Å². The van der Waals surface area contributed by atoms with Crippen LogP contribution in [-0.2, 0) is 18.0 Å². The molecule has 0 fully saturated rings. The van der Waals surface area contributed by atoms with Crippen molar-refractivity contribution in [2.75, 3.05) is 19.0 Å². The highest BCUT2D eigenvalue weighted by molar-refractivity contribution is 5.62. The molecule has 30 heavy (non-hydrogen) atoms. The van der Waals surface area contributed by atoms with Gasteiger partial charge in [-0.1, -0.05) is 0 Å². The number of rotatable bonds is 8. The molecule has 160 valence electrons. The highest BCUT2D eigenvalue weighted by Gasteiger charge is 2.27. The first-order valence-electron chi connectivity index (χ1n) is 8.85. The van der Waals surface area contributed by atoms with E-state index in [1.807, 2.05) is 23.8 Å². The number of aryl methyl sites for hydroxylation is 1. The maximum absolute atomic E-state index is 12.3. The van der Waals surface area contributed by atoms with E-state index in [-0.39, 0.29) is 23.9 Å². The number of methoxy groups -OCH3 is 1. The van der Waals surface area contributed by atoms with Crippen molar-refractivity contribution in [2.45, 2.75) is 26.3 Å². The average Bonchev–Trinajstić information content (AvgIpc) is 3.12. The lowest BCUT2D eigenvalue weighted by Gasteiger charge is -2.13. The predicted octanol–water partition coefficient (Wildman–Crippen LogP) is 3.29. The summed E-state index contributed by atoms with van der Waals surface area (Å²) in [5, 5.41) is 12.4. The molecule has 0 saturated carbocycles. The molecule has 8 nitrogen and oxygen atoms in total. The van der Waals surface area contributed by atoms with Gasteiger partial charge in [-0.15, -0.1) is 0 Å². The number of halogens is 3. The number of aliphatic hydroxyl groups is 1. The molecular formula is C19H20F3N5O3. The first kappa shape index (κ1) is 21.5. The summed E-state index contributed by atoms with van der Waals surface area (Å²) in [5.41, 5.74) is 2.67. The summed E-state index contributed by atoms with van der Waals surface area (Å²) >= 11 is 0. The lowest BCUT2D eigenvalue weighted by molar-refractivity contribution is -0.176. The zero-order valence-corrected chi connectivity index (χ0v) is 16.3. The first-order chi connectivity index (χ1) is 14.3. The Balaban J connectivity index is 1.80. The number of benzene rings is 1. The normalized spacial score (nSPS) is 11.5. The van der Waals surface area contributed by atoms with E-state index in [4.69, 9.17) is 4.74 Å². The van der Waals surface area contributed by atoms with Crippen LogP contribution in [0.4, 0.5) is 24.8 Å². The third-order valence-electron chi connectivity index (χ3n) is 3.94. The predicted molar refractivity (Wildman–Crippen MR) is 102 cm³/mol. The summed E-state index contributed by atoms with van der Waals surface area (Å²) in [6.45, 7) is -0.279. The Kier molecular flexibility index (Phi) is 6.53. The van der Waals surface area contributed by atoms with Crippen molar-refractivity contribution in [1.29, 1.82) is 0 Å². The molecule has 3 rings (SSSR count). The van der Waals surface area contributed by atoms with Gasteiger partial charge >= 0.3 is 6.18 Å². The number of alkyl halides is 3. The van der Waals surface area contributed by atoms with Crippen LogP contribution < -0.4 is 10.1 Å². The first-order valence-corrected chi connectivity index (χ1v) is 8.85. The largest absolute Gasteiger partial charge is 0.494 e. The van der Waals surface area contributed by atoms with Gasteiger partial charge in [-0.2, -0.15) is 13.2 Å². The number of aliphatic hydroxyl groups excluding tert-OH is 1. The molecule has 0 bridgehead atoms. The summed E-state index contributed by atoms with van der Waals surface area (Å²) in [6, 6.07) is 6.68. The number of imidazole rings is 1. The Morgan fingerprint density at radius 2 is 1.93 bits per heavy atom. The maximum atomic E-state index is 12.3. The van der Waals surface area contributed by atoms with E-state index in [1.165, 1.54) is 13.2 Å². The molecule has 0 saturated heterocycles. The van der Waals surface area contributed by atoms with Crippen molar-refractivity contribution in [3.63, 3.8) is 0 Å². The fraction of sp³-hybridized carbons (Fsp3) is 0.316. The van der Waals surface area contributed by atoms with Crippen LogP contribution in [0.3, 0.4) is 0 Å². The van der Waals surface area contributed by atoms with Crippen LogP contribution >= 0.6 is 0 Å². The SMILES string of the molecule is COc1cc(Nc2nc(CO)cc(COCC(F)(F)F)n2)ccc1-n1cnc(C)c1. The summed E-state index contributed by atoms with van der Waals surface area (Å²) in [6.07, 6.45) is -0.909. The van der Waals surface area contributed by atoms with Crippen LogP contribution in [-0.4, -0.2) is 44.5 Å². The molecule has 0 radical (unpaired) electrons. The van der Waals surface area contributed by atoms with Crippen molar-refractivity contribution < 1.29 is 27.8 Å². The van der Waals surface area contributed by atoms with Gasteiger partial charge in [-0.05, 0) is 25.1 Å². The van der Waals surface area contributed by atoms with E-state index < -0.39 is 19.4 Å². The summed E-state index contributed by atoms with van der Waals surface area (Å²) in [7, 11) is 1.53. The van der Waals surface area contributed by atoms with Gasteiger partial charge in [0.25, 0.3) is 0 Å². The number of hydrogen-bond donors (Lipinski definition) is 2. The minimum atomic E-state index is -4.43. The molecule has 2 N–H and O–H groups in total. The van der Waals surface area contributed by atoms with Gasteiger partial charge in [-0.3, -0.25) is 0 Å². The second kappa shape index (κ2) is 9.09. The van der Waals surface area contributed by atoms with Gasteiger partial charge in [-0.25, -0.2) is 15.0 Å². The molecule has 0 unspecified atom stereocenters. The Bertz CT molecular complexity index is 1010. The number of nitrogens with zero attached hydrogens (tertiary/aromatic N) is 4. The van der Waals surface area contributed by atoms with Gasteiger partial charge in [0, 0.05) is 18.0 Å². The quantitative estimate of drug-likeness (QED) is 0.574. The Morgan fingerprint density at radius 1 is 1.17 bits per heavy atom. The smallest absolute Gasteiger partial charge is 0.411 e. The second-order valence-electron chi connectivity index (χ2n) is 6.37. The Morgan fingerprint density at radius 3 is 2.57 bits per heavy atom. The van der Waals surface area contributed by atoms with E-state index in [2.05, 4.69) is 25.0 Å². The van der Waals surface area contributed by atoms with Gasteiger partial charge < -0.3 is 24.5 Å². The number of aromatic nitrogens is 4. The molecule has 3 aromatic rings. The second-order valence-corrected chi connectivity index (χ2v) is 6.37. The van der Waals surface area contributed by atoms with Gasteiger partial charge in [0.05, 0.1) is 49.4 Å². The van der Waals surface area contributed by atoms with Crippen LogP contribution in [0.25, 0.3) is 5.69 Å². The Labute approximate surface area is 170 Å². The minimum absolute atomic E-state index is 0.112. The number of hydrogen-bond acceptors (Lipinski definition) is 7. The summed E-state index contributed by atoms with van der Waals surface area (Å²) in [5.74, 6) is 0.671. The van der Waals surface area contributed by atoms with Crippen LogP contribution in [0, 0.1) is 6.92 Å². The molecule has 0 aliphatic heterocycles. The zero-order chi connectivity index (χ0) is 21.7. The van der Waals surface area contributed by atoms with E-state index in [1.54, 1.807) is 18.5 Å². The molecular weight excluding hydrogens is 403 g/mol. The van der Waals surface area contributed by atoms with Gasteiger partial charge in [0.2, 0.25) is 5.95 Å². The van der Waals surface area contributed by atoms with Crippen LogP contribution in [0.1, 0.15) is 17.1 Å². The molecule has 2 aromatic heterocycles. The van der Waals surface area contributed by atoms with Crippen LogP contribution in [0.2, 0.25) is 0 Å². The molecule has 2 heterocycles. The van der Waals surface area contributed by atoms with Crippen molar-refractivity contribution in [1.82, 2.24) is 19.5 Å². The molecule has 0 spiro atoms. The monoisotopic (exact) mass is 423 g/mol. The summed E-state index contributed by atoms with van der Waals surface area (Å²) < 4.78 is 48.7. The maximum Gasteiger partial charge on any atom is 0.411 e. The average molecular weight is 423 g/mol. The highest BCUT2D eigenvalue weighted by Crippen LogP contribution is 2.28. The standard InChI is InChI=1S/C19H20F3N5O3/c1-12-7-27(11-23-12)16-4-3-13(6-17(16)29-2)24-18-25-14(8-28)5-15(26-18)9-30-10-19(20,21)22/h3-7,11,28H,8-10H2,1-2H3,(H,24,25,26). The van der Waals surface area contributed by atoms with E-state index >= 15 is 0 Å². The van der Waals surface area contributed by atoms with Crippen molar-refractivity contribution >= 4 is 11.6 Å². The lowest BCUT2D eigenvalue weighted by atomic mass is 10.2. The third kappa shape index (κ3) is 5.67. The van der Waals surface area contributed by atoms with Crippen LogP contribution in [0.5, 0.6) is 5.75 Å². The topological polar surface area (TPSA) is 94.3 Å². The van der Waals surface area contributed by atoms with Crippen molar-refractivity contribution in [3.8, 4) is 11.4 Å². The van der Waals surface area contributed by atoms with Gasteiger partial charge in [0.1, 0.15) is 12.4 Å². The molecule has 0 aliphatic carbocycles. The fourth-order valence-electron chi connectivity index (χ4n) is 2.69.